The van der Waals surface area contributed by atoms with Gasteiger partial charge in [-0.2, -0.15) is 0 Å². The lowest BCUT2D eigenvalue weighted by Gasteiger charge is -2.22. The SMILES string of the molecule is CC(NC(=O)C1CCN(S(C)(=O)=O)c2ccccc2O1)c1ccc(C(C)(C)C)cc1. The summed E-state index contributed by atoms with van der Waals surface area (Å²) in [5.74, 6) is 0.135. The summed E-state index contributed by atoms with van der Waals surface area (Å²) in [6.45, 7) is 8.59. The molecule has 2 atom stereocenters. The number of carbonyl (C=O) groups excluding carboxylic acids is 1. The van der Waals surface area contributed by atoms with Crippen LogP contribution in [-0.4, -0.2) is 33.2 Å². The van der Waals surface area contributed by atoms with Crippen LogP contribution in [-0.2, 0) is 20.2 Å². The molecule has 0 aliphatic carbocycles. The Balaban J connectivity index is 1.74. The highest BCUT2D eigenvalue weighted by molar-refractivity contribution is 7.92. The Hall–Kier alpha value is -2.54. The first-order chi connectivity index (χ1) is 14.0. The molecule has 162 valence electrons. The number of hydrogen-bond acceptors (Lipinski definition) is 4. The number of carbonyl (C=O) groups is 1. The minimum Gasteiger partial charge on any atom is -0.478 e. The second kappa shape index (κ2) is 8.30. The molecule has 6 nitrogen and oxygen atoms in total. The molecule has 0 spiro atoms. The Morgan fingerprint density at radius 1 is 1.13 bits per heavy atom. The van der Waals surface area contributed by atoms with Crippen molar-refractivity contribution >= 4 is 21.6 Å². The van der Waals surface area contributed by atoms with Gasteiger partial charge < -0.3 is 10.1 Å². The second-order valence-corrected chi connectivity index (χ2v) is 10.7. The maximum atomic E-state index is 12.9. The largest absolute Gasteiger partial charge is 0.478 e. The van der Waals surface area contributed by atoms with Gasteiger partial charge in [0.2, 0.25) is 10.0 Å². The van der Waals surface area contributed by atoms with Crippen molar-refractivity contribution < 1.29 is 17.9 Å². The molecule has 0 bridgehead atoms. The first-order valence-corrected chi connectivity index (χ1v) is 12.0. The van der Waals surface area contributed by atoms with Gasteiger partial charge in [0.1, 0.15) is 5.75 Å². The molecule has 2 aromatic carbocycles. The summed E-state index contributed by atoms with van der Waals surface area (Å²) in [4.78, 5) is 12.9. The molecule has 0 fully saturated rings. The van der Waals surface area contributed by atoms with Crippen LogP contribution in [0.5, 0.6) is 5.75 Å². The van der Waals surface area contributed by atoms with Gasteiger partial charge in [-0.1, -0.05) is 57.2 Å². The van der Waals surface area contributed by atoms with E-state index in [2.05, 4.69) is 38.2 Å². The molecule has 1 heterocycles. The topological polar surface area (TPSA) is 75.7 Å². The van der Waals surface area contributed by atoms with Gasteiger partial charge in [-0.25, -0.2) is 8.42 Å². The third-order valence-corrected chi connectivity index (χ3v) is 6.51. The van der Waals surface area contributed by atoms with Crippen molar-refractivity contribution in [3.8, 4) is 5.75 Å². The predicted octanol–water partition coefficient (Wildman–Crippen LogP) is 3.78. The van der Waals surface area contributed by atoms with E-state index in [0.29, 0.717) is 11.4 Å². The van der Waals surface area contributed by atoms with Gasteiger partial charge in [-0.15, -0.1) is 0 Å². The molecule has 1 N–H and O–H groups in total. The second-order valence-electron chi connectivity index (χ2n) is 8.80. The van der Waals surface area contributed by atoms with Gasteiger partial charge in [0.05, 0.1) is 18.0 Å². The fraction of sp³-hybridized carbons (Fsp3) is 0.435. The fourth-order valence-electron chi connectivity index (χ4n) is 3.52. The van der Waals surface area contributed by atoms with Crippen LogP contribution in [0.2, 0.25) is 0 Å². The predicted molar refractivity (Wildman–Crippen MR) is 119 cm³/mol. The molecular weight excluding hydrogens is 400 g/mol. The molecule has 2 aromatic rings. The van der Waals surface area contributed by atoms with Crippen molar-refractivity contribution in [2.45, 2.75) is 51.7 Å². The minimum absolute atomic E-state index is 0.0675. The number of nitrogens with zero attached hydrogens (tertiary/aromatic N) is 1. The summed E-state index contributed by atoms with van der Waals surface area (Å²) in [6, 6.07) is 14.9. The quantitative estimate of drug-likeness (QED) is 0.801. The van der Waals surface area contributed by atoms with Crippen LogP contribution in [0.3, 0.4) is 0 Å². The van der Waals surface area contributed by atoms with Crippen LogP contribution in [0, 0.1) is 0 Å². The molecular formula is C23H30N2O4S. The van der Waals surface area contributed by atoms with Crippen molar-refractivity contribution in [1.29, 1.82) is 0 Å². The molecule has 0 radical (unpaired) electrons. The van der Waals surface area contributed by atoms with Crippen LogP contribution < -0.4 is 14.4 Å². The summed E-state index contributed by atoms with van der Waals surface area (Å²) in [6.07, 6.45) is 0.658. The summed E-state index contributed by atoms with van der Waals surface area (Å²) in [7, 11) is -3.47. The smallest absolute Gasteiger partial charge is 0.261 e. The van der Waals surface area contributed by atoms with Gasteiger partial charge in [0, 0.05) is 13.0 Å². The summed E-state index contributed by atoms with van der Waals surface area (Å²) >= 11 is 0. The normalized spacial score (nSPS) is 18.0. The van der Waals surface area contributed by atoms with Crippen molar-refractivity contribution in [2.75, 3.05) is 17.1 Å². The van der Waals surface area contributed by atoms with E-state index >= 15 is 0 Å². The molecule has 30 heavy (non-hydrogen) atoms. The Morgan fingerprint density at radius 3 is 2.37 bits per heavy atom. The summed E-state index contributed by atoms with van der Waals surface area (Å²) in [5.41, 5.74) is 2.76. The third kappa shape index (κ3) is 4.95. The lowest BCUT2D eigenvalue weighted by Crippen LogP contribution is -2.40. The zero-order valence-electron chi connectivity index (χ0n) is 18.2. The van der Waals surface area contributed by atoms with E-state index in [9.17, 15) is 13.2 Å². The highest BCUT2D eigenvalue weighted by Crippen LogP contribution is 2.34. The van der Waals surface area contributed by atoms with Gasteiger partial charge in [0.25, 0.3) is 5.91 Å². The van der Waals surface area contributed by atoms with E-state index in [1.165, 1.54) is 9.87 Å². The van der Waals surface area contributed by atoms with Gasteiger partial charge in [0.15, 0.2) is 6.10 Å². The average molecular weight is 431 g/mol. The number of anilines is 1. The Morgan fingerprint density at radius 2 is 1.77 bits per heavy atom. The third-order valence-electron chi connectivity index (χ3n) is 5.33. The van der Waals surface area contributed by atoms with Gasteiger partial charge in [-0.3, -0.25) is 9.10 Å². The highest BCUT2D eigenvalue weighted by Gasteiger charge is 2.31. The average Bonchev–Trinajstić information content (AvgIpc) is 2.87. The van der Waals surface area contributed by atoms with Gasteiger partial charge >= 0.3 is 0 Å². The Bertz CT molecular complexity index is 1010. The first-order valence-electron chi connectivity index (χ1n) is 10.1. The van der Waals surface area contributed by atoms with Crippen LogP contribution in [0.1, 0.15) is 51.3 Å². The lowest BCUT2D eigenvalue weighted by atomic mass is 9.86. The number of ether oxygens (including phenoxy) is 1. The zero-order valence-corrected chi connectivity index (χ0v) is 19.0. The molecule has 3 rings (SSSR count). The van der Waals surface area contributed by atoms with Crippen molar-refractivity contribution in [3.63, 3.8) is 0 Å². The van der Waals surface area contributed by atoms with Crippen LogP contribution in [0.25, 0.3) is 0 Å². The number of rotatable bonds is 4. The van der Waals surface area contributed by atoms with E-state index in [1.807, 2.05) is 19.1 Å². The number of amides is 1. The molecule has 7 heteroatoms. The molecule has 0 aromatic heterocycles. The zero-order chi connectivity index (χ0) is 22.1. The molecule has 0 saturated carbocycles. The summed E-state index contributed by atoms with van der Waals surface area (Å²) < 4.78 is 31.6. The Labute approximate surface area is 179 Å². The summed E-state index contributed by atoms with van der Waals surface area (Å²) in [5, 5.41) is 3.00. The Kier molecular flexibility index (Phi) is 6.13. The van der Waals surface area contributed by atoms with E-state index < -0.39 is 16.1 Å². The standard InChI is InChI=1S/C23H30N2O4S/c1-16(17-10-12-18(13-11-17)23(2,3)4)24-22(26)21-14-15-25(30(5,27)28)19-8-6-7-9-20(19)29-21/h6-13,16,21H,14-15H2,1-5H3,(H,24,26). The maximum absolute atomic E-state index is 12.9. The van der Waals surface area contributed by atoms with E-state index in [1.54, 1.807) is 24.3 Å². The molecule has 1 aliphatic rings. The number of fused-ring (bicyclic) bond motifs is 1. The number of sulfonamides is 1. The number of para-hydroxylation sites is 2. The van der Waals surface area contributed by atoms with E-state index in [-0.39, 0.29) is 30.3 Å². The highest BCUT2D eigenvalue weighted by atomic mass is 32.2. The number of benzene rings is 2. The lowest BCUT2D eigenvalue weighted by molar-refractivity contribution is -0.128. The van der Waals surface area contributed by atoms with Crippen LogP contribution >= 0.6 is 0 Å². The van der Waals surface area contributed by atoms with Crippen molar-refractivity contribution in [2.24, 2.45) is 0 Å². The number of nitrogens with one attached hydrogen (secondary N) is 1. The molecule has 1 amide bonds. The fourth-order valence-corrected chi connectivity index (χ4v) is 4.47. The number of hydrogen-bond donors (Lipinski definition) is 1. The van der Waals surface area contributed by atoms with Crippen molar-refractivity contribution in [3.05, 3.63) is 59.7 Å². The van der Waals surface area contributed by atoms with Crippen LogP contribution in [0.4, 0.5) is 5.69 Å². The molecule has 1 aliphatic heterocycles. The van der Waals surface area contributed by atoms with Crippen LogP contribution in [0.15, 0.2) is 48.5 Å². The minimum atomic E-state index is -3.47. The maximum Gasteiger partial charge on any atom is 0.261 e. The molecule has 2 unspecified atom stereocenters. The van der Waals surface area contributed by atoms with Crippen molar-refractivity contribution in [1.82, 2.24) is 5.32 Å². The van der Waals surface area contributed by atoms with E-state index in [0.717, 1.165) is 11.8 Å². The monoisotopic (exact) mass is 430 g/mol. The van der Waals surface area contributed by atoms with E-state index in [4.69, 9.17) is 4.74 Å². The van der Waals surface area contributed by atoms with Gasteiger partial charge in [-0.05, 0) is 35.6 Å². The molecule has 0 saturated heterocycles. The first kappa shape index (κ1) is 22.2.